The average molecular weight is 494 g/mol. The minimum atomic E-state index is -3.88. The molecule has 2 aromatic rings. The first-order chi connectivity index (χ1) is 12.7. The number of benzene rings is 2. The summed E-state index contributed by atoms with van der Waals surface area (Å²) in [6.07, 6.45) is 0.762. The maximum Gasteiger partial charge on any atom is 0.243 e. The van der Waals surface area contributed by atoms with Crippen LogP contribution in [0.2, 0.25) is 10.0 Å². The molecule has 0 radical (unpaired) electrons. The van der Waals surface area contributed by atoms with Crippen LogP contribution < -0.4 is 5.32 Å². The molecule has 0 saturated carbocycles. The normalized spacial score (nSPS) is 11.6. The van der Waals surface area contributed by atoms with Crippen molar-refractivity contribution in [2.24, 2.45) is 0 Å². The Morgan fingerprint density at radius 3 is 2.37 bits per heavy atom. The summed E-state index contributed by atoms with van der Waals surface area (Å²) in [6.45, 7) is 2.11. The molecule has 9 heteroatoms. The summed E-state index contributed by atoms with van der Waals surface area (Å²) in [5, 5.41) is 3.40. The van der Waals surface area contributed by atoms with Crippen LogP contribution in [0.15, 0.2) is 51.8 Å². The first kappa shape index (κ1) is 22.2. The molecule has 0 fully saturated rings. The molecule has 0 spiro atoms. The third-order valence-electron chi connectivity index (χ3n) is 3.69. The molecule has 27 heavy (non-hydrogen) atoms. The average Bonchev–Trinajstić information content (AvgIpc) is 2.62. The van der Waals surface area contributed by atoms with Crippen LogP contribution in [0, 0.1) is 0 Å². The Balaban J connectivity index is 2.34. The van der Waals surface area contributed by atoms with Gasteiger partial charge in [0.1, 0.15) is 0 Å². The third kappa shape index (κ3) is 6.19. The minimum Gasteiger partial charge on any atom is -0.355 e. The number of hydrogen-bond acceptors (Lipinski definition) is 3. The van der Waals surface area contributed by atoms with Crippen LogP contribution in [0.4, 0.5) is 0 Å². The highest BCUT2D eigenvalue weighted by molar-refractivity contribution is 9.10. The van der Waals surface area contributed by atoms with Gasteiger partial charge in [0.25, 0.3) is 0 Å². The van der Waals surface area contributed by atoms with E-state index in [1.807, 2.05) is 6.92 Å². The lowest BCUT2D eigenvalue weighted by molar-refractivity contribution is -0.121. The second kappa shape index (κ2) is 9.89. The summed E-state index contributed by atoms with van der Waals surface area (Å²) < 4.78 is 28.0. The summed E-state index contributed by atoms with van der Waals surface area (Å²) in [5.41, 5.74) is 0.633. The lowest BCUT2D eigenvalue weighted by Gasteiger charge is -2.22. The summed E-state index contributed by atoms with van der Waals surface area (Å²) >= 11 is 15.2. The van der Waals surface area contributed by atoms with E-state index in [0.29, 0.717) is 22.2 Å². The van der Waals surface area contributed by atoms with E-state index < -0.39 is 10.0 Å². The van der Waals surface area contributed by atoms with Gasteiger partial charge in [0.15, 0.2) is 0 Å². The molecule has 0 aliphatic carbocycles. The van der Waals surface area contributed by atoms with E-state index in [1.54, 1.807) is 30.3 Å². The van der Waals surface area contributed by atoms with Gasteiger partial charge in [-0.2, -0.15) is 4.31 Å². The number of halogens is 3. The Kier molecular flexibility index (Phi) is 8.12. The highest BCUT2D eigenvalue weighted by Gasteiger charge is 2.27. The summed E-state index contributed by atoms with van der Waals surface area (Å²) in [4.78, 5) is 12.3. The van der Waals surface area contributed by atoms with Crippen molar-refractivity contribution >= 4 is 55.1 Å². The molecular formula is C18H19BrCl2N2O3S. The van der Waals surface area contributed by atoms with Crippen molar-refractivity contribution in [3.8, 4) is 0 Å². The maximum absolute atomic E-state index is 13.1. The number of sulfonamides is 1. The Bertz CT molecular complexity index is 905. The standard InChI is InChI=1S/C18H19BrCl2N2O3S/c1-2-9-22-18(24)12-23(11-13-3-8-16(20)17(21)10-13)27(25,26)15-6-4-14(19)5-7-15/h3-8,10H,2,9,11-12H2,1H3,(H,22,24). The highest BCUT2D eigenvalue weighted by atomic mass is 79.9. The Labute approximate surface area is 177 Å². The summed E-state index contributed by atoms with van der Waals surface area (Å²) in [5.74, 6) is -0.363. The largest absolute Gasteiger partial charge is 0.355 e. The van der Waals surface area contributed by atoms with Gasteiger partial charge in [-0.15, -0.1) is 0 Å². The van der Waals surface area contributed by atoms with E-state index in [1.165, 1.54) is 12.1 Å². The molecule has 146 valence electrons. The Hall–Kier alpha value is -1.12. The highest BCUT2D eigenvalue weighted by Crippen LogP contribution is 2.25. The lowest BCUT2D eigenvalue weighted by atomic mass is 10.2. The lowest BCUT2D eigenvalue weighted by Crippen LogP contribution is -2.40. The molecule has 1 N–H and O–H groups in total. The molecule has 0 bridgehead atoms. The van der Waals surface area contributed by atoms with Crippen LogP contribution in [-0.4, -0.2) is 31.7 Å². The van der Waals surface area contributed by atoms with Crippen LogP contribution in [0.1, 0.15) is 18.9 Å². The van der Waals surface area contributed by atoms with Gasteiger partial charge in [-0.05, 0) is 48.4 Å². The second-order valence-corrected chi connectivity index (χ2v) is 9.49. The topological polar surface area (TPSA) is 66.5 Å². The first-order valence-electron chi connectivity index (χ1n) is 8.20. The molecule has 0 heterocycles. The quantitative estimate of drug-likeness (QED) is 0.589. The van der Waals surface area contributed by atoms with Gasteiger partial charge in [0.2, 0.25) is 15.9 Å². The summed E-state index contributed by atoms with van der Waals surface area (Å²) in [6, 6.07) is 11.1. The molecule has 0 aliphatic heterocycles. The van der Waals surface area contributed by atoms with Crippen LogP contribution >= 0.6 is 39.1 Å². The van der Waals surface area contributed by atoms with Crippen molar-refractivity contribution in [2.45, 2.75) is 24.8 Å². The number of carbonyl (C=O) groups is 1. The third-order valence-corrected chi connectivity index (χ3v) is 6.76. The van der Waals surface area contributed by atoms with E-state index in [-0.39, 0.29) is 23.9 Å². The van der Waals surface area contributed by atoms with Crippen molar-refractivity contribution in [1.82, 2.24) is 9.62 Å². The van der Waals surface area contributed by atoms with Gasteiger partial charge in [-0.25, -0.2) is 8.42 Å². The smallest absolute Gasteiger partial charge is 0.243 e. The monoisotopic (exact) mass is 492 g/mol. The fraction of sp³-hybridized carbons (Fsp3) is 0.278. The van der Waals surface area contributed by atoms with Crippen LogP contribution in [0.5, 0.6) is 0 Å². The minimum absolute atomic E-state index is 0.00513. The van der Waals surface area contributed by atoms with Crippen LogP contribution in [0.3, 0.4) is 0 Å². The van der Waals surface area contributed by atoms with Gasteiger partial charge in [0.05, 0.1) is 21.5 Å². The number of carbonyl (C=O) groups excluding carboxylic acids is 1. The number of hydrogen-bond donors (Lipinski definition) is 1. The molecule has 2 aromatic carbocycles. The van der Waals surface area contributed by atoms with Gasteiger partial charge in [-0.3, -0.25) is 4.79 Å². The first-order valence-corrected chi connectivity index (χ1v) is 11.2. The molecule has 5 nitrogen and oxygen atoms in total. The van der Waals surface area contributed by atoms with E-state index in [4.69, 9.17) is 23.2 Å². The Morgan fingerprint density at radius 2 is 1.78 bits per heavy atom. The van der Waals surface area contributed by atoms with Gasteiger partial charge in [-0.1, -0.05) is 52.1 Å². The van der Waals surface area contributed by atoms with Crippen LogP contribution in [-0.2, 0) is 21.4 Å². The fourth-order valence-corrected chi connectivity index (χ4v) is 4.27. The number of rotatable bonds is 8. The van der Waals surface area contributed by atoms with Gasteiger partial charge >= 0.3 is 0 Å². The van der Waals surface area contributed by atoms with Gasteiger partial charge in [0, 0.05) is 17.6 Å². The molecule has 0 aliphatic rings. The molecule has 0 unspecified atom stereocenters. The molecule has 0 atom stereocenters. The zero-order valence-corrected chi connectivity index (χ0v) is 18.5. The van der Waals surface area contributed by atoms with Gasteiger partial charge < -0.3 is 5.32 Å². The van der Waals surface area contributed by atoms with Crippen molar-refractivity contribution in [3.63, 3.8) is 0 Å². The zero-order chi connectivity index (χ0) is 20.0. The molecular weight excluding hydrogens is 475 g/mol. The molecule has 0 saturated heterocycles. The maximum atomic E-state index is 13.1. The zero-order valence-electron chi connectivity index (χ0n) is 14.6. The Morgan fingerprint density at radius 1 is 1.11 bits per heavy atom. The fourth-order valence-electron chi connectivity index (χ4n) is 2.30. The second-order valence-electron chi connectivity index (χ2n) is 5.83. The SMILES string of the molecule is CCCNC(=O)CN(Cc1ccc(Cl)c(Cl)c1)S(=O)(=O)c1ccc(Br)cc1. The molecule has 0 aromatic heterocycles. The number of nitrogens with one attached hydrogen (secondary N) is 1. The number of amides is 1. The number of nitrogens with zero attached hydrogens (tertiary/aromatic N) is 1. The van der Waals surface area contributed by atoms with E-state index >= 15 is 0 Å². The van der Waals surface area contributed by atoms with Crippen molar-refractivity contribution in [3.05, 3.63) is 62.5 Å². The van der Waals surface area contributed by atoms with Crippen LogP contribution in [0.25, 0.3) is 0 Å². The molecule has 2 rings (SSSR count). The summed E-state index contributed by atoms with van der Waals surface area (Å²) in [7, 11) is -3.88. The van der Waals surface area contributed by atoms with E-state index in [9.17, 15) is 13.2 Å². The van der Waals surface area contributed by atoms with E-state index in [0.717, 1.165) is 15.2 Å². The predicted molar refractivity (Wildman–Crippen MR) is 112 cm³/mol. The van der Waals surface area contributed by atoms with Crippen molar-refractivity contribution < 1.29 is 13.2 Å². The molecule has 1 amide bonds. The van der Waals surface area contributed by atoms with E-state index in [2.05, 4.69) is 21.2 Å². The van der Waals surface area contributed by atoms with Crippen molar-refractivity contribution in [2.75, 3.05) is 13.1 Å². The van der Waals surface area contributed by atoms with Crippen molar-refractivity contribution in [1.29, 1.82) is 0 Å². The predicted octanol–water partition coefficient (Wildman–Crippen LogP) is 4.47.